The number of pyridine rings is 1. The van der Waals surface area contributed by atoms with Crippen LogP contribution in [0.4, 0.5) is 5.69 Å². The molecule has 0 aliphatic carbocycles. The average Bonchev–Trinajstić information content (AvgIpc) is 2.89. The molecule has 1 aromatic heterocycles. The first-order chi connectivity index (χ1) is 17.7. The molecule has 0 unspecified atom stereocenters. The standard InChI is InChI=1S/C25H29N7O4S/c26-24(27)20-8-6-18(7-9-20)14-30-23(33)16-31-25(34)22(15-29-21-10-12-28-13-11-21)32-37(35,36)17-19-4-2-1-3-5-19/h1-13,22,32H,14-17H2,(H3,26,27)(H,28,29)(H,30,33)(H,31,34)/t22-/m1/s1. The molecule has 0 bridgehead atoms. The Morgan fingerprint density at radius 3 is 2.24 bits per heavy atom. The second kappa shape index (κ2) is 13.1. The summed E-state index contributed by atoms with van der Waals surface area (Å²) in [6, 6.07) is 17.6. The van der Waals surface area contributed by atoms with Crippen molar-refractivity contribution in [1.29, 1.82) is 5.41 Å². The molecule has 3 aromatic rings. The zero-order chi connectivity index (χ0) is 26.7. The number of rotatable bonds is 13. The predicted octanol–water partition coefficient (Wildman–Crippen LogP) is 0.698. The molecule has 0 aliphatic rings. The molecule has 0 saturated carbocycles. The fraction of sp³-hybridized carbons (Fsp3) is 0.200. The normalized spacial score (nSPS) is 11.8. The molecular weight excluding hydrogens is 494 g/mol. The Bertz CT molecular complexity index is 1300. The molecule has 194 valence electrons. The van der Waals surface area contributed by atoms with Gasteiger partial charge in [-0.1, -0.05) is 54.6 Å². The first kappa shape index (κ1) is 27.3. The van der Waals surface area contributed by atoms with Crippen LogP contribution in [0.2, 0.25) is 0 Å². The van der Waals surface area contributed by atoms with Crippen molar-refractivity contribution >= 4 is 33.4 Å². The molecule has 7 N–H and O–H groups in total. The van der Waals surface area contributed by atoms with Gasteiger partial charge in [-0.05, 0) is 23.3 Å². The van der Waals surface area contributed by atoms with Crippen LogP contribution in [0, 0.1) is 5.41 Å². The topological polar surface area (TPSA) is 179 Å². The maximum absolute atomic E-state index is 12.9. The molecule has 0 fully saturated rings. The number of benzene rings is 2. The number of anilines is 1. The monoisotopic (exact) mass is 523 g/mol. The Morgan fingerprint density at radius 2 is 1.59 bits per heavy atom. The number of amidine groups is 1. The predicted molar refractivity (Wildman–Crippen MR) is 141 cm³/mol. The zero-order valence-electron chi connectivity index (χ0n) is 20.0. The number of nitrogens with zero attached hydrogens (tertiary/aromatic N) is 1. The van der Waals surface area contributed by atoms with Crippen molar-refractivity contribution in [3.8, 4) is 0 Å². The van der Waals surface area contributed by atoms with Gasteiger partial charge < -0.3 is 21.7 Å². The van der Waals surface area contributed by atoms with E-state index in [1.807, 2.05) is 0 Å². The largest absolute Gasteiger partial charge is 0.384 e. The highest BCUT2D eigenvalue weighted by molar-refractivity contribution is 7.88. The van der Waals surface area contributed by atoms with Crippen molar-refractivity contribution < 1.29 is 18.0 Å². The van der Waals surface area contributed by atoms with Crippen LogP contribution in [0.25, 0.3) is 0 Å². The van der Waals surface area contributed by atoms with Crippen molar-refractivity contribution in [3.05, 3.63) is 95.8 Å². The SMILES string of the molecule is N=C(N)c1ccc(CNC(=O)CNC(=O)[C@@H](CNc2ccncc2)NS(=O)(=O)Cc2ccccc2)cc1. The van der Waals surface area contributed by atoms with Crippen LogP contribution >= 0.6 is 0 Å². The number of carbonyl (C=O) groups excluding carboxylic acids is 2. The van der Waals surface area contributed by atoms with Gasteiger partial charge >= 0.3 is 0 Å². The van der Waals surface area contributed by atoms with E-state index < -0.39 is 27.9 Å². The summed E-state index contributed by atoms with van der Waals surface area (Å²) in [6.07, 6.45) is 3.13. The first-order valence-electron chi connectivity index (χ1n) is 11.4. The second-order valence-electron chi connectivity index (χ2n) is 8.14. The van der Waals surface area contributed by atoms with E-state index in [0.717, 1.165) is 5.56 Å². The molecule has 1 heterocycles. The molecule has 0 aliphatic heterocycles. The fourth-order valence-electron chi connectivity index (χ4n) is 3.29. The van der Waals surface area contributed by atoms with Gasteiger partial charge in [0, 0.05) is 36.7 Å². The quantitative estimate of drug-likeness (QED) is 0.141. The van der Waals surface area contributed by atoms with E-state index >= 15 is 0 Å². The van der Waals surface area contributed by atoms with Crippen molar-refractivity contribution in [2.45, 2.75) is 18.3 Å². The Labute approximate surface area is 215 Å². The van der Waals surface area contributed by atoms with Gasteiger partial charge in [0.1, 0.15) is 11.9 Å². The van der Waals surface area contributed by atoms with Gasteiger partial charge in [0.15, 0.2) is 0 Å². The minimum absolute atomic E-state index is 0.0476. The van der Waals surface area contributed by atoms with Crippen molar-refractivity contribution in [2.75, 3.05) is 18.4 Å². The number of carbonyl (C=O) groups is 2. The number of amides is 2. The van der Waals surface area contributed by atoms with Crippen LogP contribution in [0.5, 0.6) is 0 Å². The van der Waals surface area contributed by atoms with Crippen molar-refractivity contribution in [2.24, 2.45) is 5.73 Å². The summed E-state index contributed by atoms with van der Waals surface area (Å²) in [6.45, 7) is -0.172. The first-order valence-corrected chi connectivity index (χ1v) is 13.0. The van der Waals surface area contributed by atoms with Gasteiger partial charge in [-0.15, -0.1) is 0 Å². The van der Waals surface area contributed by atoms with E-state index in [9.17, 15) is 18.0 Å². The van der Waals surface area contributed by atoms with Crippen LogP contribution in [-0.2, 0) is 31.9 Å². The lowest BCUT2D eigenvalue weighted by molar-refractivity contribution is -0.126. The van der Waals surface area contributed by atoms with Crippen LogP contribution in [0.3, 0.4) is 0 Å². The van der Waals surface area contributed by atoms with Gasteiger partial charge in [-0.2, -0.15) is 0 Å². The van der Waals surface area contributed by atoms with Crippen LogP contribution < -0.4 is 26.4 Å². The molecule has 12 heteroatoms. The summed E-state index contributed by atoms with van der Waals surface area (Å²) in [5, 5.41) is 15.6. The van der Waals surface area contributed by atoms with Crippen molar-refractivity contribution in [1.82, 2.24) is 20.3 Å². The Hall–Kier alpha value is -4.29. The summed E-state index contributed by atoms with van der Waals surface area (Å²) in [4.78, 5) is 29.1. The van der Waals surface area contributed by atoms with Crippen LogP contribution in [0.15, 0.2) is 79.1 Å². The summed E-state index contributed by atoms with van der Waals surface area (Å²) in [5.74, 6) is -1.45. The molecule has 11 nitrogen and oxygen atoms in total. The lowest BCUT2D eigenvalue weighted by Crippen LogP contribution is -2.52. The molecule has 3 rings (SSSR count). The minimum Gasteiger partial charge on any atom is -0.384 e. The number of hydrogen-bond acceptors (Lipinski definition) is 7. The highest BCUT2D eigenvalue weighted by Crippen LogP contribution is 2.07. The van der Waals surface area contributed by atoms with Crippen molar-refractivity contribution in [3.63, 3.8) is 0 Å². The third kappa shape index (κ3) is 9.35. The summed E-state index contributed by atoms with van der Waals surface area (Å²) >= 11 is 0. The lowest BCUT2D eigenvalue weighted by Gasteiger charge is -2.19. The number of hydrogen-bond donors (Lipinski definition) is 6. The molecule has 37 heavy (non-hydrogen) atoms. The summed E-state index contributed by atoms with van der Waals surface area (Å²) in [7, 11) is -3.87. The maximum atomic E-state index is 12.9. The van der Waals surface area contributed by atoms with Gasteiger partial charge in [0.2, 0.25) is 21.8 Å². The highest BCUT2D eigenvalue weighted by atomic mass is 32.2. The zero-order valence-corrected chi connectivity index (χ0v) is 20.8. The van der Waals surface area contributed by atoms with E-state index in [4.69, 9.17) is 11.1 Å². The fourth-order valence-corrected chi connectivity index (χ4v) is 4.62. The Kier molecular flexibility index (Phi) is 9.69. The highest BCUT2D eigenvalue weighted by Gasteiger charge is 2.25. The molecule has 2 aromatic carbocycles. The van der Waals surface area contributed by atoms with E-state index in [0.29, 0.717) is 16.8 Å². The molecule has 0 radical (unpaired) electrons. The smallest absolute Gasteiger partial charge is 0.240 e. The van der Waals surface area contributed by atoms with Gasteiger partial charge in [0.05, 0.1) is 12.3 Å². The molecule has 1 atom stereocenters. The third-order valence-electron chi connectivity index (χ3n) is 5.21. The van der Waals surface area contributed by atoms with Gasteiger partial charge in [-0.3, -0.25) is 20.0 Å². The Morgan fingerprint density at radius 1 is 0.919 bits per heavy atom. The number of nitrogen functional groups attached to an aromatic ring is 1. The number of nitrogens with one attached hydrogen (secondary N) is 5. The van der Waals surface area contributed by atoms with E-state index in [1.165, 1.54) is 0 Å². The van der Waals surface area contributed by atoms with Crippen LogP contribution in [0.1, 0.15) is 16.7 Å². The minimum atomic E-state index is -3.87. The molecule has 2 amide bonds. The second-order valence-corrected chi connectivity index (χ2v) is 9.89. The van der Waals surface area contributed by atoms with Gasteiger partial charge in [0.25, 0.3) is 0 Å². The number of aromatic nitrogens is 1. The number of nitrogens with two attached hydrogens (primary N) is 1. The molecular formula is C25H29N7O4S. The Balaban J connectivity index is 1.57. The van der Waals surface area contributed by atoms with E-state index in [-0.39, 0.29) is 31.2 Å². The van der Waals surface area contributed by atoms with E-state index in [2.05, 4.69) is 25.7 Å². The third-order valence-corrected chi connectivity index (χ3v) is 6.56. The van der Waals surface area contributed by atoms with Gasteiger partial charge in [-0.25, -0.2) is 13.1 Å². The lowest BCUT2D eigenvalue weighted by atomic mass is 10.1. The molecule has 0 saturated heterocycles. The summed E-state index contributed by atoms with van der Waals surface area (Å²) < 4.78 is 28.0. The molecule has 0 spiro atoms. The van der Waals surface area contributed by atoms with E-state index in [1.54, 1.807) is 79.1 Å². The maximum Gasteiger partial charge on any atom is 0.240 e. The average molecular weight is 524 g/mol. The van der Waals surface area contributed by atoms with Crippen LogP contribution in [-0.4, -0.2) is 50.2 Å². The number of sulfonamides is 1. The summed E-state index contributed by atoms with van der Waals surface area (Å²) in [5.41, 5.74) is 8.03.